The highest BCUT2D eigenvalue weighted by Crippen LogP contribution is 2.39. The van der Waals surface area contributed by atoms with Gasteiger partial charge in [-0.1, -0.05) is 152 Å². The standard InChI is InChI=1S/C43H29N3O/c1-3-13-31(14-4-1)41-44-42(32-15-5-2-6-16-32)46-43(45-41)37-22-10-21-36-39-35(20-11-23-38(39)47-40(36)37)30-26-24-29(25-27-30)34-19-9-17-28-12-7-8-18-33(28)34/h1-27,41H,(H,44,45,46). The van der Waals surface area contributed by atoms with Gasteiger partial charge in [-0.3, -0.25) is 0 Å². The third-order valence-electron chi connectivity index (χ3n) is 8.97. The van der Waals surface area contributed by atoms with E-state index in [1.807, 2.05) is 42.5 Å². The van der Waals surface area contributed by atoms with E-state index in [9.17, 15) is 0 Å². The summed E-state index contributed by atoms with van der Waals surface area (Å²) in [5.74, 6) is 1.42. The van der Waals surface area contributed by atoms with Crippen molar-refractivity contribution in [1.29, 1.82) is 0 Å². The van der Waals surface area contributed by atoms with Gasteiger partial charge in [0.1, 0.15) is 23.2 Å². The molecular weight excluding hydrogens is 574 g/mol. The van der Waals surface area contributed by atoms with Crippen LogP contribution in [-0.4, -0.2) is 11.7 Å². The van der Waals surface area contributed by atoms with E-state index in [1.54, 1.807) is 0 Å². The van der Waals surface area contributed by atoms with Crippen molar-refractivity contribution in [2.75, 3.05) is 0 Å². The van der Waals surface area contributed by atoms with Crippen LogP contribution in [0.15, 0.2) is 178 Å². The Kier molecular flexibility index (Phi) is 6.50. The van der Waals surface area contributed by atoms with Crippen molar-refractivity contribution in [3.63, 3.8) is 0 Å². The van der Waals surface area contributed by atoms with Crippen LogP contribution in [0.4, 0.5) is 0 Å². The lowest BCUT2D eigenvalue weighted by atomic mass is 9.94. The Morgan fingerprint density at radius 1 is 0.489 bits per heavy atom. The van der Waals surface area contributed by atoms with Crippen molar-refractivity contribution in [3.8, 4) is 22.3 Å². The Morgan fingerprint density at radius 2 is 1.11 bits per heavy atom. The van der Waals surface area contributed by atoms with Crippen molar-refractivity contribution in [1.82, 2.24) is 5.32 Å². The van der Waals surface area contributed by atoms with Gasteiger partial charge < -0.3 is 9.73 Å². The normalized spacial score (nSPS) is 14.6. The molecule has 0 saturated carbocycles. The molecule has 0 aliphatic carbocycles. The van der Waals surface area contributed by atoms with Gasteiger partial charge in [0, 0.05) is 16.3 Å². The third-order valence-corrected chi connectivity index (χ3v) is 8.97. The van der Waals surface area contributed by atoms with Gasteiger partial charge in [-0.05, 0) is 50.7 Å². The molecule has 2 heterocycles. The molecule has 4 heteroatoms. The van der Waals surface area contributed by atoms with Crippen LogP contribution in [0, 0.1) is 0 Å². The van der Waals surface area contributed by atoms with E-state index >= 15 is 0 Å². The summed E-state index contributed by atoms with van der Waals surface area (Å²) < 4.78 is 6.65. The number of para-hydroxylation sites is 1. The van der Waals surface area contributed by atoms with Crippen LogP contribution >= 0.6 is 0 Å². The molecule has 0 radical (unpaired) electrons. The maximum absolute atomic E-state index is 6.65. The Labute approximate surface area is 272 Å². The van der Waals surface area contributed by atoms with Gasteiger partial charge in [0.05, 0.1) is 5.56 Å². The number of benzene rings is 7. The molecule has 0 fully saturated rings. The molecule has 0 saturated heterocycles. The molecule has 1 aliphatic heterocycles. The summed E-state index contributed by atoms with van der Waals surface area (Å²) in [7, 11) is 0. The predicted molar refractivity (Wildman–Crippen MR) is 194 cm³/mol. The second-order valence-corrected chi connectivity index (χ2v) is 11.8. The van der Waals surface area contributed by atoms with Gasteiger partial charge in [-0.15, -0.1) is 0 Å². The minimum atomic E-state index is -0.283. The summed E-state index contributed by atoms with van der Waals surface area (Å²) in [6.45, 7) is 0. The molecule has 0 amide bonds. The fraction of sp³-hybridized carbons (Fsp3) is 0.0233. The highest BCUT2D eigenvalue weighted by Gasteiger charge is 2.24. The number of furan rings is 1. The molecule has 4 nitrogen and oxygen atoms in total. The average molecular weight is 604 g/mol. The van der Waals surface area contributed by atoms with Crippen LogP contribution in [0.3, 0.4) is 0 Å². The molecule has 0 spiro atoms. The van der Waals surface area contributed by atoms with E-state index in [1.165, 1.54) is 21.9 Å². The van der Waals surface area contributed by atoms with Gasteiger partial charge in [0.25, 0.3) is 0 Å². The summed E-state index contributed by atoms with van der Waals surface area (Å²) in [6, 6.07) is 56.9. The van der Waals surface area contributed by atoms with Crippen LogP contribution in [0.5, 0.6) is 0 Å². The van der Waals surface area contributed by atoms with Gasteiger partial charge in [-0.25, -0.2) is 9.98 Å². The summed E-state index contributed by atoms with van der Waals surface area (Å²) in [6.07, 6.45) is -0.283. The molecule has 8 aromatic rings. The van der Waals surface area contributed by atoms with E-state index in [4.69, 9.17) is 14.4 Å². The van der Waals surface area contributed by atoms with Gasteiger partial charge in [0.15, 0.2) is 5.84 Å². The van der Waals surface area contributed by atoms with E-state index in [-0.39, 0.29) is 6.17 Å². The highest BCUT2D eigenvalue weighted by atomic mass is 16.3. The number of hydrogen-bond donors (Lipinski definition) is 1. The zero-order valence-corrected chi connectivity index (χ0v) is 25.5. The minimum Gasteiger partial charge on any atom is -0.455 e. The van der Waals surface area contributed by atoms with Crippen molar-refractivity contribution in [3.05, 3.63) is 180 Å². The smallest absolute Gasteiger partial charge is 0.163 e. The molecule has 9 rings (SSSR count). The molecule has 1 unspecified atom stereocenters. The number of hydrogen-bond acceptors (Lipinski definition) is 4. The minimum absolute atomic E-state index is 0.283. The lowest BCUT2D eigenvalue weighted by molar-refractivity contribution is 0.663. The SMILES string of the molecule is c1ccc(C2=NC(c3cccc4c3oc3cccc(-c5ccc(-c6cccc7ccccc67)cc5)c34)=NC(c3ccccc3)N2)cc1. The Balaban J connectivity index is 1.17. The second kappa shape index (κ2) is 11.3. The first kappa shape index (κ1) is 27.1. The number of fused-ring (bicyclic) bond motifs is 4. The van der Waals surface area contributed by atoms with E-state index in [0.717, 1.165) is 55.6 Å². The summed E-state index contributed by atoms with van der Waals surface area (Å²) in [5, 5.41) is 8.18. The summed E-state index contributed by atoms with van der Waals surface area (Å²) in [4.78, 5) is 10.2. The topological polar surface area (TPSA) is 49.9 Å². The Morgan fingerprint density at radius 3 is 1.94 bits per heavy atom. The second-order valence-electron chi connectivity index (χ2n) is 11.8. The number of nitrogens with zero attached hydrogens (tertiary/aromatic N) is 2. The maximum Gasteiger partial charge on any atom is 0.163 e. The number of nitrogens with one attached hydrogen (secondary N) is 1. The van der Waals surface area contributed by atoms with Crippen molar-refractivity contribution in [2.24, 2.45) is 9.98 Å². The first-order valence-electron chi connectivity index (χ1n) is 15.9. The van der Waals surface area contributed by atoms with Crippen molar-refractivity contribution >= 4 is 44.4 Å². The molecular formula is C43H29N3O. The first-order valence-corrected chi connectivity index (χ1v) is 15.9. The lowest BCUT2D eigenvalue weighted by Crippen LogP contribution is -2.33. The van der Waals surface area contributed by atoms with Crippen LogP contribution in [0.25, 0.3) is 55.0 Å². The molecule has 7 aromatic carbocycles. The fourth-order valence-corrected chi connectivity index (χ4v) is 6.69. The Bertz CT molecular complexity index is 2470. The molecule has 47 heavy (non-hydrogen) atoms. The average Bonchev–Trinajstić information content (AvgIpc) is 3.55. The summed E-state index contributed by atoms with van der Waals surface area (Å²) >= 11 is 0. The van der Waals surface area contributed by atoms with Gasteiger partial charge >= 0.3 is 0 Å². The zero-order valence-electron chi connectivity index (χ0n) is 25.5. The number of rotatable bonds is 5. The quantitative estimate of drug-likeness (QED) is 0.213. The van der Waals surface area contributed by atoms with Crippen LogP contribution in [-0.2, 0) is 0 Å². The van der Waals surface area contributed by atoms with Gasteiger partial charge in [0.2, 0.25) is 0 Å². The zero-order chi connectivity index (χ0) is 31.2. The van der Waals surface area contributed by atoms with Crippen molar-refractivity contribution in [2.45, 2.75) is 6.17 Å². The molecule has 1 aliphatic rings. The molecule has 0 bridgehead atoms. The predicted octanol–water partition coefficient (Wildman–Crippen LogP) is 10.6. The third kappa shape index (κ3) is 4.79. The van der Waals surface area contributed by atoms with E-state index in [0.29, 0.717) is 5.84 Å². The van der Waals surface area contributed by atoms with E-state index < -0.39 is 0 Å². The first-order chi connectivity index (χ1) is 23.3. The molecule has 1 N–H and O–H groups in total. The molecule has 1 aromatic heterocycles. The monoisotopic (exact) mass is 603 g/mol. The molecule has 222 valence electrons. The highest BCUT2D eigenvalue weighted by molar-refractivity contribution is 6.21. The largest absolute Gasteiger partial charge is 0.455 e. The van der Waals surface area contributed by atoms with Crippen LogP contribution < -0.4 is 5.32 Å². The Hall–Kier alpha value is -6.26. The van der Waals surface area contributed by atoms with Crippen LogP contribution in [0.2, 0.25) is 0 Å². The molecule has 1 atom stereocenters. The summed E-state index contributed by atoms with van der Waals surface area (Å²) in [5.41, 5.74) is 9.26. The number of aliphatic imine (C=N–C) groups is 2. The van der Waals surface area contributed by atoms with Crippen molar-refractivity contribution < 1.29 is 4.42 Å². The lowest BCUT2D eigenvalue weighted by Gasteiger charge is -2.23. The van der Waals surface area contributed by atoms with Crippen LogP contribution in [0.1, 0.15) is 22.9 Å². The van der Waals surface area contributed by atoms with Gasteiger partial charge in [-0.2, -0.15) is 0 Å². The fourth-order valence-electron chi connectivity index (χ4n) is 6.69. The maximum atomic E-state index is 6.65. The van der Waals surface area contributed by atoms with E-state index in [2.05, 4.69) is 127 Å². The number of amidine groups is 2.